The molecule has 0 N–H and O–H groups in total. The van der Waals surface area contributed by atoms with E-state index in [0.717, 1.165) is 43.4 Å². The van der Waals surface area contributed by atoms with Crippen molar-refractivity contribution >= 4 is 29.4 Å². The zero-order valence-electron chi connectivity index (χ0n) is 33.3. The lowest BCUT2D eigenvalue weighted by molar-refractivity contribution is -0.146. The van der Waals surface area contributed by atoms with Gasteiger partial charge in [-0.3, -0.25) is 4.79 Å². The number of halogens is 9. The van der Waals surface area contributed by atoms with E-state index in [0.29, 0.717) is 43.3 Å². The first kappa shape index (κ1) is 46.4. The molecule has 60 heavy (non-hydrogen) atoms. The number of anilines is 2. The van der Waals surface area contributed by atoms with Crippen LogP contribution in [0.25, 0.3) is 0 Å². The predicted octanol–water partition coefficient (Wildman–Crippen LogP) is 11.8. The van der Waals surface area contributed by atoms with E-state index in [2.05, 4.69) is 9.97 Å². The Hall–Kier alpha value is -4.67. The van der Waals surface area contributed by atoms with E-state index in [1.807, 2.05) is 48.4 Å². The van der Waals surface area contributed by atoms with Crippen molar-refractivity contribution in [3.63, 3.8) is 0 Å². The van der Waals surface area contributed by atoms with Crippen molar-refractivity contribution in [2.45, 2.75) is 83.7 Å². The van der Waals surface area contributed by atoms with Gasteiger partial charge >= 0.3 is 24.5 Å². The van der Waals surface area contributed by atoms with Crippen LogP contribution < -0.4 is 14.5 Å². The van der Waals surface area contributed by atoms with Gasteiger partial charge in [-0.05, 0) is 111 Å². The molecule has 1 aromatic heterocycles. The summed E-state index contributed by atoms with van der Waals surface area (Å²) in [6.45, 7) is 4.10. The van der Waals surface area contributed by atoms with Gasteiger partial charge in [0.2, 0.25) is 5.95 Å². The molecule has 1 aliphatic rings. The lowest BCUT2D eigenvalue weighted by atomic mass is 9.80. The molecule has 0 aliphatic heterocycles. The van der Waals surface area contributed by atoms with Crippen LogP contribution >= 0.6 is 11.8 Å². The molecule has 0 bridgehead atoms. The molecule has 326 valence electrons. The van der Waals surface area contributed by atoms with Gasteiger partial charge in [0.05, 0.1) is 41.7 Å². The number of aromatic nitrogens is 2. The van der Waals surface area contributed by atoms with Crippen LogP contribution in [-0.2, 0) is 41.2 Å². The van der Waals surface area contributed by atoms with E-state index in [4.69, 9.17) is 9.47 Å². The quantitative estimate of drug-likeness (QED) is 0.0590. The summed E-state index contributed by atoms with van der Waals surface area (Å²) < 4.78 is 138. The van der Waals surface area contributed by atoms with E-state index in [9.17, 15) is 44.3 Å². The molecule has 4 aromatic rings. The van der Waals surface area contributed by atoms with Crippen LogP contribution in [0, 0.1) is 11.8 Å². The van der Waals surface area contributed by atoms with Gasteiger partial charge in [0.15, 0.2) is 5.75 Å². The van der Waals surface area contributed by atoms with Gasteiger partial charge in [-0.15, -0.1) is 0 Å². The van der Waals surface area contributed by atoms with E-state index >= 15 is 0 Å². The molecular weight excluding hydrogens is 824 g/mol. The summed E-state index contributed by atoms with van der Waals surface area (Å²) >= 11 is 1.52. The number of hydrogen-bond donors (Lipinski definition) is 0. The SMILES string of the molecule is CCN(CC1CCC(CC(=O)OCc2ccccc2)CC1)c1ccc(C(F)(F)F)cc1CN(c1ncc(OCCSC)cn1)C(C)c1cc(C(F)(F)F)cc(C(F)(F)F)c1. The van der Waals surface area contributed by atoms with Crippen molar-refractivity contribution in [1.29, 1.82) is 0 Å². The smallest absolute Gasteiger partial charge is 0.416 e. The number of thioether (sulfide) groups is 1. The van der Waals surface area contributed by atoms with Gasteiger partial charge < -0.3 is 19.3 Å². The number of esters is 1. The highest BCUT2D eigenvalue weighted by Crippen LogP contribution is 2.41. The molecule has 17 heteroatoms. The molecule has 0 saturated heterocycles. The number of ether oxygens (including phenoxy) is 2. The third-order valence-electron chi connectivity index (χ3n) is 10.6. The predicted molar refractivity (Wildman–Crippen MR) is 213 cm³/mol. The van der Waals surface area contributed by atoms with E-state index < -0.39 is 53.4 Å². The average Bonchev–Trinajstić information content (AvgIpc) is 3.21. The molecule has 1 saturated carbocycles. The number of nitrogens with zero attached hydrogens (tertiary/aromatic N) is 4. The fourth-order valence-corrected chi connectivity index (χ4v) is 7.55. The summed E-state index contributed by atoms with van der Waals surface area (Å²) in [5.74, 6) is 0.686. The average molecular weight is 871 g/mol. The van der Waals surface area contributed by atoms with E-state index in [1.165, 1.54) is 42.0 Å². The van der Waals surface area contributed by atoms with E-state index in [-0.39, 0.29) is 54.2 Å². The maximum Gasteiger partial charge on any atom is 0.416 e. The fraction of sp³-hybridized carbons (Fsp3) is 0.465. The Morgan fingerprint density at radius 2 is 1.42 bits per heavy atom. The number of carbonyl (C=O) groups is 1. The van der Waals surface area contributed by atoms with Crippen molar-refractivity contribution in [2.24, 2.45) is 11.8 Å². The second kappa shape index (κ2) is 20.3. The molecule has 0 radical (unpaired) electrons. The number of benzene rings is 3. The number of hydrogen-bond acceptors (Lipinski definition) is 8. The Labute approximate surface area is 347 Å². The maximum atomic E-state index is 14.3. The third-order valence-corrected chi connectivity index (χ3v) is 11.2. The van der Waals surface area contributed by atoms with Gasteiger partial charge in [0.1, 0.15) is 6.61 Å². The summed E-state index contributed by atoms with van der Waals surface area (Å²) in [7, 11) is 0. The van der Waals surface area contributed by atoms with Crippen LogP contribution in [-0.4, -0.2) is 47.6 Å². The molecule has 1 unspecified atom stereocenters. The molecule has 1 fully saturated rings. The monoisotopic (exact) mass is 870 g/mol. The largest absolute Gasteiger partial charge is 0.489 e. The molecule has 1 heterocycles. The minimum absolute atomic E-state index is 0.0208. The number of carbonyl (C=O) groups excluding carboxylic acids is 1. The second-order valence-corrected chi connectivity index (χ2v) is 15.8. The minimum atomic E-state index is -5.13. The number of alkyl halides is 9. The van der Waals surface area contributed by atoms with Gasteiger partial charge in [0, 0.05) is 37.5 Å². The van der Waals surface area contributed by atoms with Gasteiger partial charge in [-0.25, -0.2) is 9.97 Å². The van der Waals surface area contributed by atoms with Crippen LogP contribution in [0.2, 0.25) is 0 Å². The summed E-state index contributed by atoms with van der Waals surface area (Å²) in [6.07, 6.45) is -7.29. The van der Waals surface area contributed by atoms with Crippen molar-refractivity contribution in [2.75, 3.05) is 41.5 Å². The highest BCUT2D eigenvalue weighted by atomic mass is 32.2. The topological polar surface area (TPSA) is 67.8 Å². The van der Waals surface area contributed by atoms with Crippen LogP contribution in [0.1, 0.15) is 85.4 Å². The Balaban J connectivity index is 1.44. The van der Waals surface area contributed by atoms with E-state index in [1.54, 1.807) is 0 Å². The van der Waals surface area contributed by atoms with Crippen LogP contribution in [0.15, 0.2) is 79.1 Å². The minimum Gasteiger partial charge on any atom is -0.489 e. The molecule has 1 atom stereocenters. The maximum absolute atomic E-state index is 14.3. The standard InChI is InChI=1S/C43H47F9N4O3S/c1-4-55(25-30-12-10-29(11-13-30)18-39(57)59-27-31-8-6-5-7-9-31)38-15-14-34(41(44,45)46)21-33(38)26-56(40-53-23-37(24-54-40)58-16-17-60-3)28(2)32-19-35(42(47,48)49)22-36(20-32)43(50,51)52/h5-9,14-15,19-24,28-30H,4,10-13,16-18,25-27H2,1-3H3. The summed E-state index contributed by atoms with van der Waals surface area (Å²) in [5, 5.41) is 0. The Bertz CT molecular complexity index is 1960. The fourth-order valence-electron chi connectivity index (χ4n) is 7.30. The van der Waals surface area contributed by atoms with Gasteiger partial charge in [0.25, 0.3) is 0 Å². The highest BCUT2D eigenvalue weighted by molar-refractivity contribution is 7.98. The Morgan fingerprint density at radius 3 is 1.98 bits per heavy atom. The highest BCUT2D eigenvalue weighted by Gasteiger charge is 2.38. The normalized spacial score (nSPS) is 16.6. The molecule has 1 aliphatic carbocycles. The summed E-state index contributed by atoms with van der Waals surface area (Å²) in [4.78, 5) is 24.5. The Morgan fingerprint density at radius 1 is 0.817 bits per heavy atom. The lowest BCUT2D eigenvalue weighted by Crippen LogP contribution is -2.34. The molecule has 7 nitrogen and oxygen atoms in total. The molecule has 0 amide bonds. The van der Waals surface area contributed by atoms with Crippen molar-refractivity contribution in [3.05, 3.63) is 113 Å². The molecular formula is C43H47F9N4O3S. The molecule has 3 aromatic carbocycles. The Kier molecular flexibility index (Phi) is 15.7. The first-order chi connectivity index (χ1) is 28.3. The summed E-state index contributed by atoms with van der Waals surface area (Å²) in [5.41, 5.74) is -3.05. The second-order valence-electron chi connectivity index (χ2n) is 14.8. The molecule has 0 spiro atoms. The molecule has 5 rings (SSSR count). The van der Waals surface area contributed by atoms with Crippen molar-refractivity contribution in [1.82, 2.24) is 9.97 Å². The van der Waals surface area contributed by atoms with Crippen LogP contribution in [0.5, 0.6) is 5.75 Å². The zero-order chi connectivity index (χ0) is 43.7. The first-order valence-electron chi connectivity index (χ1n) is 19.5. The van der Waals surface area contributed by atoms with Crippen LogP contribution in [0.4, 0.5) is 51.1 Å². The van der Waals surface area contributed by atoms with Crippen molar-refractivity contribution in [3.8, 4) is 5.75 Å². The van der Waals surface area contributed by atoms with Gasteiger partial charge in [-0.2, -0.15) is 51.3 Å². The summed E-state index contributed by atoms with van der Waals surface area (Å²) in [6, 6.07) is 12.5. The van der Waals surface area contributed by atoms with Crippen LogP contribution in [0.3, 0.4) is 0 Å². The lowest BCUT2D eigenvalue weighted by Gasteiger charge is -2.36. The third kappa shape index (κ3) is 12.9. The zero-order valence-corrected chi connectivity index (χ0v) is 34.2. The van der Waals surface area contributed by atoms with Gasteiger partial charge in [-0.1, -0.05) is 30.3 Å². The van der Waals surface area contributed by atoms with Crippen molar-refractivity contribution < 1.29 is 53.8 Å². The number of rotatable bonds is 17. The first-order valence-corrected chi connectivity index (χ1v) is 20.9.